The zero-order chi connectivity index (χ0) is 26.7. The lowest BCUT2D eigenvalue weighted by Crippen LogP contribution is -2.68. The number of carbonyl (C=O) groups is 2. The van der Waals surface area contributed by atoms with E-state index in [1.54, 1.807) is 6.92 Å². The standard InChI is InChI=1S/C30H46O6/c1-17-9-14-30(24(34)35)16-15-26(3)18(22(30)29(17,6)36)7-8-19-25(2)12-11-21(31)28(5,23(32)33)20(25)10-13-27(19,26)4/h7,17,19-22,31,36H,8-16H2,1-6H3,(H,32,33)(H,34,35)/t17-,19?,20?,21+,22?,25-,26-,27-,28+,29-,30+/m1/s1. The van der Waals surface area contributed by atoms with Crippen molar-refractivity contribution in [2.75, 3.05) is 0 Å². The maximum Gasteiger partial charge on any atom is 0.312 e. The third kappa shape index (κ3) is 2.81. The fourth-order valence-electron chi connectivity index (χ4n) is 10.8. The Morgan fingerprint density at radius 2 is 1.53 bits per heavy atom. The van der Waals surface area contributed by atoms with Gasteiger partial charge in [-0.25, -0.2) is 0 Å². The number of fused-ring (bicyclic) bond motifs is 7. The summed E-state index contributed by atoms with van der Waals surface area (Å²) in [5, 5.41) is 43.5. The van der Waals surface area contributed by atoms with Crippen LogP contribution in [-0.2, 0) is 9.59 Å². The van der Waals surface area contributed by atoms with Gasteiger partial charge < -0.3 is 20.4 Å². The molecule has 0 aromatic rings. The van der Waals surface area contributed by atoms with Gasteiger partial charge in [0.2, 0.25) is 0 Å². The van der Waals surface area contributed by atoms with E-state index >= 15 is 0 Å². The molecule has 0 heterocycles. The first-order valence-electron chi connectivity index (χ1n) is 14.1. The summed E-state index contributed by atoms with van der Waals surface area (Å²) in [5.41, 5.74) is -2.66. The van der Waals surface area contributed by atoms with Gasteiger partial charge in [-0.05, 0) is 106 Å². The summed E-state index contributed by atoms with van der Waals surface area (Å²) in [6, 6.07) is 0. The van der Waals surface area contributed by atoms with Crippen LogP contribution in [0.4, 0.5) is 0 Å². The molecule has 5 rings (SSSR count). The number of aliphatic hydroxyl groups excluding tert-OH is 1. The van der Waals surface area contributed by atoms with E-state index in [9.17, 15) is 30.0 Å². The molecule has 4 saturated carbocycles. The third-order valence-corrected chi connectivity index (χ3v) is 13.6. The quantitative estimate of drug-likeness (QED) is 0.383. The van der Waals surface area contributed by atoms with E-state index in [2.05, 4.69) is 33.8 Å². The molecule has 0 saturated heterocycles. The number of rotatable bonds is 2. The van der Waals surface area contributed by atoms with Crippen LogP contribution in [-0.4, -0.2) is 44.1 Å². The minimum atomic E-state index is -1.16. The van der Waals surface area contributed by atoms with E-state index in [1.807, 2.05) is 6.92 Å². The smallest absolute Gasteiger partial charge is 0.312 e. The molecule has 0 aromatic heterocycles. The Balaban J connectivity index is 1.64. The molecule has 0 radical (unpaired) electrons. The van der Waals surface area contributed by atoms with Gasteiger partial charge in [0, 0.05) is 5.92 Å². The van der Waals surface area contributed by atoms with E-state index in [0.717, 1.165) is 44.1 Å². The van der Waals surface area contributed by atoms with Crippen molar-refractivity contribution in [2.24, 2.45) is 50.7 Å². The predicted molar refractivity (Wildman–Crippen MR) is 136 cm³/mol. The molecule has 0 amide bonds. The summed E-state index contributed by atoms with van der Waals surface area (Å²) >= 11 is 0. The van der Waals surface area contributed by atoms with Gasteiger partial charge in [0.05, 0.1) is 22.5 Å². The molecule has 6 nitrogen and oxygen atoms in total. The minimum absolute atomic E-state index is 0.0214. The second-order valence-electron chi connectivity index (χ2n) is 14.5. The minimum Gasteiger partial charge on any atom is -0.481 e. The Morgan fingerprint density at radius 1 is 0.861 bits per heavy atom. The molecule has 0 spiro atoms. The Morgan fingerprint density at radius 3 is 2.14 bits per heavy atom. The number of aliphatic hydroxyl groups is 2. The van der Waals surface area contributed by atoms with Crippen LogP contribution in [0.1, 0.15) is 99.3 Å². The molecule has 6 heteroatoms. The first-order chi connectivity index (χ1) is 16.5. The van der Waals surface area contributed by atoms with E-state index in [1.165, 1.54) is 0 Å². The van der Waals surface area contributed by atoms with Gasteiger partial charge in [-0.15, -0.1) is 0 Å². The van der Waals surface area contributed by atoms with Gasteiger partial charge in [0.1, 0.15) is 0 Å². The number of carboxylic acids is 2. The molecule has 0 aromatic carbocycles. The van der Waals surface area contributed by atoms with Crippen LogP contribution in [0.2, 0.25) is 0 Å². The highest BCUT2D eigenvalue weighted by atomic mass is 16.4. The second kappa shape index (κ2) is 7.59. The number of hydrogen-bond donors (Lipinski definition) is 4. The summed E-state index contributed by atoms with van der Waals surface area (Å²) in [4.78, 5) is 25.4. The number of carboxylic acid groups (broad SMARTS) is 2. The summed E-state index contributed by atoms with van der Waals surface area (Å²) in [7, 11) is 0. The lowest BCUT2D eigenvalue weighted by atomic mass is 9.33. The monoisotopic (exact) mass is 502 g/mol. The van der Waals surface area contributed by atoms with E-state index in [4.69, 9.17) is 0 Å². The van der Waals surface area contributed by atoms with Crippen LogP contribution < -0.4 is 0 Å². The van der Waals surface area contributed by atoms with Gasteiger partial charge in [-0.2, -0.15) is 0 Å². The van der Waals surface area contributed by atoms with Gasteiger partial charge in [0.25, 0.3) is 0 Å². The highest BCUT2D eigenvalue weighted by molar-refractivity contribution is 5.77. The van der Waals surface area contributed by atoms with Crippen molar-refractivity contribution in [3.05, 3.63) is 11.6 Å². The molecule has 36 heavy (non-hydrogen) atoms. The third-order valence-electron chi connectivity index (χ3n) is 13.6. The molecule has 5 aliphatic rings. The Kier molecular flexibility index (Phi) is 5.53. The first-order valence-corrected chi connectivity index (χ1v) is 14.1. The van der Waals surface area contributed by atoms with Crippen molar-refractivity contribution in [1.82, 2.24) is 0 Å². The molecule has 0 aliphatic heterocycles. The zero-order valence-corrected chi connectivity index (χ0v) is 22.9. The molecule has 4 fully saturated rings. The molecule has 0 bridgehead atoms. The predicted octanol–water partition coefficient (Wildman–Crippen LogP) is 5.27. The maximum atomic E-state index is 12.8. The Bertz CT molecular complexity index is 1020. The van der Waals surface area contributed by atoms with Crippen LogP contribution in [0.3, 0.4) is 0 Å². The highest BCUT2D eigenvalue weighted by Crippen LogP contribution is 2.76. The maximum absolute atomic E-state index is 12.8. The summed E-state index contributed by atoms with van der Waals surface area (Å²) < 4.78 is 0. The van der Waals surface area contributed by atoms with Crippen molar-refractivity contribution >= 4 is 11.9 Å². The van der Waals surface area contributed by atoms with Crippen molar-refractivity contribution in [1.29, 1.82) is 0 Å². The fourth-order valence-corrected chi connectivity index (χ4v) is 10.8. The van der Waals surface area contributed by atoms with Crippen molar-refractivity contribution < 1.29 is 30.0 Å². The van der Waals surface area contributed by atoms with Gasteiger partial charge in [-0.1, -0.05) is 39.3 Å². The molecule has 5 aliphatic carbocycles. The number of allylic oxidation sites excluding steroid dienone is 1. The lowest BCUT2D eigenvalue weighted by molar-refractivity contribution is -0.224. The average Bonchev–Trinajstić information content (AvgIpc) is 2.79. The summed E-state index contributed by atoms with van der Waals surface area (Å²) in [6.45, 7) is 12.6. The normalized spacial score (nSPS) is 56.3. The van der Waals surface area contributed by atoms with E-state index in [-0.39, 0.29) is 34.0 Å². The second-order valence-corrected chi connectivity index (χ2v) is 14.5. The fraction of sp³-hybridized carbons (Fsp3) is 0.867. The largest absolute Gasteiger partial charge is 0.481 e. The van der Waals surface area contributed by atoms with Gasteiger partial charge >= 0.3 is 11.9 Å². The van der Waals surface area contributed by atoms with Crippen molar-refractivity contribution in [2.45, 2.75) is 111 Å². The van der Waals surface area contributed by atoms with Gasteiger partial charge in [0.15, 0.2) is 0 Å². The summed E-state index contributed by atoms with van der Waals surface area (Å²) in [5.74, 6) is -1.93. The van der Waals surface area contributed by atoms with Crippen molar-refractivity contribution in [3.8, 4) is 0 Å². The molecule has 3 unspecified atom stereocenters. The van der Waals surface area contributed by atoms with Crippen LogP contribution >= 0.6 is 0 Å². The van der Waals surface area contributed by atoms with E-state index in [0.29, 0.717) is 19.3 Å². The SMILES string of the molecule is C[C@@H]1CC[C@]2(C(=O)O)CC[C@]3(C)C(=CCC4[C@@]5(C)CC[C@H](O)[C@@](C)(C(=O)O)C5CC[C@]43C)C2[C@]1(C)O. The van der Waals surface area contributed by atoms with E-state index < -0.39 is 40.4 Å². The van der Waals surface area contributed by atoms with Crippen LogP contribution in [0.25, 0.3) is 0 Å². The van der Waals surface area contributed by atoms with Crippen LogP contribution in [0.5, 0.6) is 0 Å². The molecule has 4 N–H and O–H groups in total. The average molecular weight is 503 g/mol. The molecule has 11 atom stereocenters. The number of aliphatic carboxylic acids is 2. The summed E-state index contributed by atoms with van der Waals surface area (Å²) in [6.07, 6.45) is 7.77. The number of hydrogen-bond acceptors (Lipinski definition) is 4. The highest BCUT2D eigenvalue weighted by Gasteiger charge is 2.72. The first kappa shape index (κ1) is 26.2. The zero-order valence-electron chi connectivity index (χ0n) is 22.9. The van der Waals surface area contributed by atoms with Crippen LogP contribution in [0, 0.1) is 50.7 Å². The molecular formula is C30H46O6. The van der Waals surface area contributed by atoms with Gasteiger partial charge in [-0.3, -0.25) is 9.59 Å². The van der Waals surface area contributed by atoms with Crippen LogP contribution in [0.15, 0.2) is 11.6 Å². The Labute approximate surface area is 215 Å². The lowest BCUT2D eigenvalue weighted by Gasteiger charge is -2.71. The Hall–Kier alpha value is -1.40. The molecule has 202 valence electrons. The molecular weight excluding hydrogens is 456 g/mol. The van der Waals surface area contributed by atoms with Crippen molar-refractivity contribution in [3.63, 3.8) is 0 Å². The topological polar surface area (TPSA) is 115 Å².